The van der Waals surface area contributed by atoms with Crippen molar-refractivity contribution in [2.45, 2.75) is 27.2 Å². The zero-order valence-corrected chi connectivity index (χ0v) is 17.5. The fourth-order valence-electron chi connectivity index (χ4n) is 2.77. The second kappa shape index (κ2) is 10.8. The van der Waals surface area contributed by atoms with E-state index in [4.69, 9.17) is 0 Å². The van der Waals surface area contributed by atoms with Crippen molar-refractivity contribution in [1.29, 1.82) is 0 Å². The summed E-state index contributed by atoms with van der Waals surface area (Å²) < 4.78 is 26.4. The molecule has 1 heterocycles. The molecule has 0 amide bonds. The van der Waals surface area contributed by atoms with Gasteiger partial charge in [-0.15, -0.1) is 24.0 Å². The Morgan fingerprint density at radius 1 is 1.28 bits per heavy atom. The van der Waals surface area contributed by atoms with Crippen LogP contribution < -0.4 is 15.5 Å². The molecule has 1 saturated heterocycles. The van der Waals surface area contributed by atoms with Gasteiger partial charge in [0.05, 0.1) is 0 Å². The van der Waals surface area contributed by atoms with Crippen molar-refractivity contribution < 1.29 is 8.78 Å². The summed E-state index contributed by atoms with van der Waals surface area (Å²) in [6, 6.07) is 4.11. The Hall–Kier alpha value is -1.12. The van der Waals surface area contributed by atoms with Gasteiger partial charge in [0.25, 0.3) is 0 Å². The maximum atomic E-state index is 13.4. The highest BCUT2D eigenvalue weighted by Gasteiger charge is 2.23. The van der Waals surface area contributed by atoms with E-state index in [-0.39, 0.29) is 24.0 Å². The van der Waals surface area contributed by atoms with Crippen LogP contribution in [0.3, 0.4) is 0 Å². The molecule has 1 atom stereocenters. The van der Waals surface area contributed by atoms with E-state index in [0.717, 1.165) is 50.8 Å². The van der Waals surface area contributed by atoms with Crippen molar-refractivity contribution in [3.63, 3.8) is 0 Å². The van der Waals surface area contributed by atoms with E-state index in [1.165, 1.54) is 12.1 Å². The summed E-state index contributed by atoms with van der Waals surface area (Å²) in [5, 5.41) is 6.64. The summed E-state index contributed by atoms with van der Waals surface area (Å²) in [6.07, 6.45) is 1.02. The Kier molecular flexibility index (Phi) is 9.45. The zero-order chi connectivity index (χ0) is 17.5. The van der Waals surface area contributed by atoms with Crippen molar-refractivity contribution >= 4 is 35.6 Å². The summed E-state index contributed by atoms with van der Waals surface area (Å²) in [4.78, 5) is 6.67. The molecule has 1 unspecified atom stereocenters. The van der Waals surface area contributed by atoms with E-state index in [9.17, 15) is 8.78 Å². The lowest BCUT2D eigenvalue weighted by Gasteiger charge is -2.19. The van der Waals surface area contributed by atoms with Gasteiger partial charge >= 0.3 is 0 Å². The molecule has 0 radical (unpaired) electrons. The molecule has 1 fully saturated rings. The number of aliphatic imine (C=N–C) groups is 1. The quantitative estimate of drug-likeness (QED) is 0.382. The summed E-state index contributed by atoms with van der Waals surface area (Å²) in [6.45, 7) is 10.5. The highest BCUT2D eigenvalue weighted by Crippen LogP contribution is 2.24. The summed E-state index contributed by atoms with van der Waals surface area (Å²) in [5.41, 5.74) is 0.747. The molecule has 1 aromatic carbocycles. The molecule has 1 aromatic rings. The van der Waals surface area contributed by atoms with Crippen molar-refractivity contribution in [2.75, 3.05) is 37.6 Å². The van der Waals surface area contributed by atoms with Crippen LogP contribution >= 0.6 is 24.0 Å². The first-order chi connectivity index (χ1) is 11.5. The molecule has 4 nitrogen and oxygen atoms in total. The maximum Gasteiger partial charge on any atom is 0.191 e. The lowest BCUT2D eigenvalue weighted by molar-refractivity contribution is 0.508. The fourth-order valence-corrected chi connectivity index (χ4v) is 2.77. The molecule has 2 N–H and O–H groups in total. The molecule has 1 aliphatic rings. The normalized spacial score (nSPS) is 17.6. The molecule has 0 saturated carbocycles. The summed E-state index contributed by atoms with van der Waals surface area (Å²) in [7, 11) is 0. The molecule has 0 aliphatic carbocycles. The molecule has 7 heteroatoms. The lowest BCUT2D eigenvalue weighted by Crippen LogP contribution is -2.40. The van der Waals surface area contributed by atoms with E-state index in [1.54, 1.807) is 6.07 Å². The van der Waals surface area contributed by atoms with Gasteiger partial charge in [0.2, 0.25) is 0 Å². The number of anilines is 1. The van der Waals surface area contributed by atoms with E-state index in [0.29, 0.717) is 11.8 Å². The Morgan fingerprint density at radius 2 is 2.04 bits per heavy atom. The largest absolute Gasteiger partial charge is 0.371 e. The van der Waals surface area contributed by atoms with Crippen LogP contribution in [0.4, 0.5) is 14.5 Å². The van der Waals surface area contributed by atoms with Crippen LogP contribution in [0, 0.1) is 23.5 Å². The summed E-state index contributed by atoms with van der Waals surface area (Å²) >= 11 is 0. The lowest BCUT2D eigenvalue weighted by atomic mass is 10.1. The van der Waals surface area contributed by atoms with E-state index in [2.05, 4.69) is 34.4 Å². The molecule has 25 heavy (non-hydrogen) atoms. The second-order valence-electron chi connectivity index (χ2n) is 6.69. The van der Waals surface area contributed by atoms with Crippen LogP contribution in [0.1, 0.15) is 27.2 Å². The maximum absolute atomic E-state index is 13.4. The highest BCUT2D eigenvalue weighted by atomic mass is 127. The fraction of sp³-hybridized carbons (Fsp3) is 0.611. The minimum Gasteiger partial charge on any atom is -0.371 e. The standard InChI is InChI=1S/C18H28F2N4.HI/c1-4-21-18(22-10-13(2)3)23-11-14-7-8-24(12-14)15-5-6-16(19)17(20)9-15;/h5-6,9,13-14H,4,7-8,10-12H2,1-3H3,(H2,21,22,23);1H. The van der Waals surface area contributed by atoms with Gasteiger partial charge in [0.15, 0.2) is 17.6 Å². The highest BCUT2D eigenvalue weighted by molar-refractivity contribution is 14.0. The number of hydrogen-bond donors (Lipinski definition) is 2. The zero-order valence-electron chi connectivity index (χ0n) is 15.2. The van der Waals surface area contributed by atoms with Gasteiger partial charge in [-0.25, -0.2) is 8.78 Å². The van der Waals surface area contributed by atoms with Crippen molar-refractivity contribution in [3.8, 4) is 0 Å². The molecule has 0 aromatic heterocycles. The Bertz CT molecular complexity index is 566. The average molecular weight is 466 g/mol. The number of hydrogen-bond acceptors (Lipinski definition) is 2. The molecular formula is C18H29F2IN4. The number of nitrogens with zero attached hydrogens (tertiary/aromatic N) is 2. The van der Waals surface area contributed by atoms with E-state index in [1.807, 2.05) is 6.92 Å². The number of benzene rings is 1. The van der Waals surface area contributed by atoms with Gasteiger partial charge in [-0.3, -0.25) is 4.99 Å². The van der Waals surface area contributed by atoms with E-state index >= 15 is 0 Å². The van der Waals surface area contributed by atoms with Gasteiger partial charge in [-0.2, -0.15) is 0 Å². The van der Waals surface area contributed by atoms with Crippen molar-refractivity contribution in [2.24, 2.45) is 16.8 Å². The van der Waals surface area contributed by atoms with Gasteiger partial charge in [-0.05, 0) is 37.3 Å². The predicted molar refractivity (Wildman–Crippen MR) is 111 cm³/mol. The number of guanidine groups is 1. The van der Waals surface area contributed by atoms with Gasteiger partial charge < -0.3 is 15.5 Å². The van der Waals surface area contributed by atoms with E-state index < -0.39 is 11.6 Å². The van der Waals surface area contributed by atoms with Crippen LogP contribution in [0.25, 0.3) is 0 Å². The summed E-state index contributed by atoms with van der Waals surface area (Å²) in [5.74, 6) is 0.242. The van der Waals surface area contributed by atoms with Crippen molar-refractivity contribution in [3.05, 3.63) is 29.8 Å². The second-order valence-corrected chi connectivity index (χ2v) is 6.69. The Labute approximate surface area is 166 Å². The molecule has 0 spiro atoms. The van der Waals surface area contributed by atoms with Crippen LogP contribution in [-0.4, -0.2) is 38.7 Å². The SMILES string of the molecule is CCNC(=NCC(C)C)NCC1CCN(c2ccc(F)c(F)c2)C1.I. The molecule has 0 bridgehead atoms. The monoisotopic (exact) mass is 466 g/mol. The smallest absolute Gasteiger partial charge is 0.191 e. The number of nitrogens with one attached hydrogen (secondary N) is 2. The van der Waals surface area contributed by atoms with Crippen LogP contribution in [0.2, 0.25) is 0 Å². The Balaban J connectivity index is 0.00000312. The third kappa shape index (κ3) is 6.95. The van der Waals surface area contributed by atoms with Crippen LogP contribution in [0.15, 0.2) is 23.2 Å². The minimum absolute atomic E-state index is 0. The first-order valence-corrected chi connectivity index (χ1v) is 8.71. The first kappa shape index (κ1) is 21.9. The topological polar surface area (TPSA) is 39.7 Å². The molecule has 1 aliphatic heterocycles. The molecular weight excluding hydrogens is 437 g/mol. The average Bonchev–Trinajstić information content (AvgIpc) is 3.01. The third-order valence-corrected chi connectivity index (χ3v) is 4.07. The molecule has 2 rings (SSSR count). The van der Waals surface area contributed by atoms with Crippen LogP contribution in [0.5, 0.6) is 0 Å². The molecule has 142 valence electrons. The number of halogens is 3. The third-order valence-electron chi connectivity index (χ3n) is 4.07. The van der Waals surface area contributed by atoms with Gasteiger partial charge in [-0.1, -0.05) is 13.8 Å². The predicted octanol–water partition coefficient (Wildman–Crippen LogP) is 3.62. The van der Waals surface area contributed by atoms with Crippen molar-refractivity contribution in [1.82, 2.24) is 10.6 Å². The minimum atomic E-state index is -0.798. The van der Waals surface area contributed by atoms with Crippen LogP contribution in [-0.2, 0) is 0 Å². The first-order valence-electron chi connectivity index (χ1n) is 8.71. The number of rotatable bonds is 6. The Morgan fingerprint density at radius 3 is 2.68 bits per heavy atom. The van der Waals surface area contributed by atoms with Gasteiger partial charge in [0, 0.05) is 44.5 Å². The van der Waals surface area contributed by atoms with Gasteiger partial charge in [0.1, 0.15) is 0 Å².